The number of hydrogen-bond acceptors (Lipinski definition) is 4. The molecule has 8 heteroatoms. The molecule has 0 amide bonds. The Morgan fingerprint density at radius 1 is 1.09 bits per heavy atom. The lowest BCUT2D eigenvalue weighted by atomic mass is 9.76. The van der Waals surface area contributed by atoms with Crippen LogP contribution in [0.5, 0.6) is 0 Å². The first-order chi connectivity index (χ1) is 14.8. The molecule has 1 heterocycles. The molecule has 0 spiro atoms. The highest BCUT2D eigenvalue weighted by Crippen LogP contribution is 2.39. The van der Waals surface area contributed by atoms with Crippen molar-refractivity contribution in [2.45, 2.75) is 70.3 Å². The number of piperazine rings is 1. The summed E-state index contributed by atoms with van der Waals surface area (Å²) < 4.78 is 41.3. The Morgan fingerprint density at radius 3 is 2.34 bits per heavy atom. The quantitative estimate of drug-likeness (QED) is 0.505. The number of carbonyl (C=O) groups excluding carboxylic acids is 1. The van der Waals surface area contributed by atoms with E-state index in [0.717, 1.165) is 51.6 Å². The molecule has 1 aromatic carbocycles. The van der Waals surface area contributed by atoms with Gasteiger partial charge in [0.1, 0.15) is 5.82 Å². The van der Waals surface area contributed by atoms with Crippen molar-refractivity contribution in [1.82, 2.24) is 9.21 Å². The van der Waals surface area contributed by atoms with Crippen LogP contribution in [0.15, 0.2) is 18.2 Å². The minimum Gasteiger partial charge on any atom is -0.295 e. The number of carbonyl (C=O) groups is 1. The molecule has 0 N–H and O–H groups in total. The normalized spacial score (nSPS) is 22.3. The fraction of sp³-hybridized carbons (Fsp3) is 0.708. The van der Waals surface area contributed by atoms with Gasteiger partial charge in [0.05, 0.1) is 11.3 Å². The highest BCUT2D eigenvalue weighted by molar-refractivity contribution is 7.89. The molecule has 1 aromatic rings. The smallest absolute Gasteiger partial charge is 0.214 e. The van der Waals surface area contributed by atoms with Gasteiger partial charge in [-0.05, 0) is 56.6 Å². The lowest BCUT2D eigenvalue weighted by molar-refractivity contribution is 0.0165. The van der Waals surface area contributed by atoms with Crippen molar-refractivity contribution in [3.63, 3.8) is 0 Å². The van der Waals surface area contributed by atoms with E-state index in [4.69, 9.17) is 0 Å². The molecule has 0 atom stereocenters. The maximum absolute atomic E-state index is 14.3. The third kappa shape index (κ3) is 5.72. The molecule has 3 fully saturated rings. The zero-order chi connectivity index (χ0) is 22.1. The van der Waals surface area contributed by atoms with Gasteiger partial charge in [0.25, 0.3) is 0 Å². The van der Waals surface area contributed by atoms with Crippen LogP contribution in [0.1, 0.15) is 73.7 Å². The van der Waals surface area contributed by atoms with Crippen molar-refractivity contribution < 1.29 is 17.6 Å². The largest absolute Gasteiger partial charge is 0.295 e. The van der Waals surface area contributed by atoms with E-state index < -0.39 is 15.8 Å². The molecule has 5 nitrogen and oxygen atoms in total. The average Bonchev–Trinajstić information content (AvgIpc) is 3.56. The Labute approximate surface area is 198 Å². The number of aryl methyl sites for hydroxylation is 1. The molecule has 0 unspecified atom stereocenters. The Hall–Kier alpha value is -1.02. The number of sulfonamides is 1. The van der Waals surface area contributed by atoms with Crippen LogP contribution in [0.4, 0.5) is 4.39 Å². The summed E-state index contributed by atoms with van der Waals surface area (Å²) in [6.45, 7) is 4.30. The summed E-state index contributed by atoms with van der Waals surface area (Å²) in [4.78, 5) is 15.3. The fourth-order valence-corrected chi connectivity index (χ4v) is 7.38. The molecule has 0 radical (unpaired) electrons. The van der Waals surface area contributed by atoms with Gasteiger partial charge in [0.15, 0.2) is 5.78 Å². The molecule has 32 heavy (non-hydrogen) atoms. The van der Waals surface area contributed by atoms with Crippen molar-refractivity contribution >= 4 is 28.2 Å². The highest BCUT2D eigenvalue weighted by Gasteiger charge is 2.41. The van der Waals surface area contributed by atoms with Crippen LogP contribution in [-0.4, -0.2) is 60.9 Å². The van der Waals surface area contributed by atoms with Gasteiger partial charge in [-0.1, -0.05) is 31.4 Å². The third-order valence-electron chi connectivity index (χ3n) is 7.55. The van der Waals surface area contributed by atoms with Crippen molar-refractivity contribution in [3.05, 3.63) is 35.1 Å². The van der Waals surface area contributed by atoms with E-state index >= 15 is 0 Å². The number of Topliss-reactive ketones (excluding diaryl/α,β-unsaturated/α-hetero) is 1. The van der Waals surface area contributed by atoms with Gasteiger partial charge in [-0.3, -0.25) is 9.69 Å². The molecule has 2 saturated carbocycles. The number of hydrogen-bond donors (Lipinski definition) is 0. The van der Waals surface area contributed by atoms with Gasteiger partial charge >= 0.3 is 0 Å². The number of ketones is 1. The highest BCUT2D eigenvalue weighted by atomic mass is 35.5. The predicted molar refractivity (Wildman–Crippen MR) is 127 cm³/mol. The van der Waals surface area contributed by atoms with Crippen LogP contribution >= 0.6 is 12.4 Å². The molecule has 0 bridgehead atoms. The van der Waals surface area contributed by atoms with Gasteiger partial charge in [-0.25, -0.2) is 12.8 Å². The molecular formula is C24H36ClFN2O3S. The number of benzene rings is 1. The van der Waals surface area contributed by atoms with Crippen LogP contribution < -0.4 is 0 Å². The zero-order valence-corrected chi connectivity index (χ0v) is 20.7. The van der Waals surface area contributed by atoms with Crippen molar-refractivity contribution in [2.75, 3.05) is 31.9 Å². The maximum atomic E-state index is 14.3. The van der Waals surface area contributed by atoms with Crippen LogP contribution in [-0.2, 0) is 10.0 Å². The van der Waals surface area contributed by atoms with E-state index in [9.17, 15) is 17.6 Å². The van der Waals surface area contributed by atoms with Crippen molar-refractivity contribution in [2.24, 2.45) is 5.92 Å². The number of halogens is 2. The average molecular weight is 487 g/mol. The lowest BCUT2D eigenvalue weighted by Gasteiger charge is -2.50. The first-order valence-electron chi connectivity index (χ1n) is 11.8. The summed E-state index contributed by atoms with van der Waals surface area (Å²) in [6.07, 6.45) is 8.67. The SMILES string of the molecule is Cc1cccc(F)c1C(=O)CCC1(N2CCN(S(=O)(=O)CC3CC3)CC2)CCCCC1.Cl. The fourth-order valence-electron chi connectivity index (χ4n) is 5.52. The molecule has 3 aliphatic rings. The van der Waals surface area contributed by atoms with Gasteiger partial charge < -0.3 is 0 Å². The lowest BCUT2D eigenvalue weighted by Crippen LogP contribution is -2.59. The van der Waals surface area contributed by atoms with E-state index in [2.05, 4.69) is 4.90 Å². The van der Waals surface area contributed by atoms with Crippen molar-refractivity contribution in [1.29, 1.82) is 0 Å². The standard InChI is InChI=1S/C24H35FN2O3S.ClH/c1-19-6-5-7-21(25)23(19)22(28)10-13-24(11-3-2-4-12-24)26-14-16-27(17-15-26)31(29,30)18-20-8-9-20;/h5-7,20H,2-4,8-18H2,1H3;1H. The van der Waals surface area contributed by atoms with Gasteiger partial charge in [-0.15, -0.1) is 12.4 Å². The summed E-state index contributed by atoms with van der Waals surface area (Å²) in [5.74, 6) is 0.109. The van der Waals surface area contributed by atoms with Crippen molar-refractivity contribution in [3.8, 4) is 0 Å². The van der Waals surface area contributed by atoms with Crippen LogP contribution in [0, 0.1) is 18.7 Å². The molecule has 4 rings (SSSR count). The Balaban J connectivity index is 0.00000289. The summed E-state index contributed by atoms with van der Waals surface area (Å²) >= 11 is 0. The molecule has 180 valence electrons. The molecule has 2 aliphatic carbocycles. The van der Waals surface area contributed by atoms with Crippen LogP contribution in [0.25, 0.3) is 0 Å². The first kappa shape index (κ1) is 25.6. The topological polar surface area (TPSA) is 57.7 Å². The van der Waals surface area contributed by atoms with E-state index in [-0.39, 0.29) is 29.3 Å². The Morgan fingerprint density at radius 2 is 1.75 bits per heavy atom. The van der Waals surface area contributed by atoms with Gasteiger partial charge in [0, 0.05) is 38.1 Å². The van der Waals surface area contributed by atoms with Crippen LogP contribution in [0.2, 0.25) is 0 Å². The molecular weight excluding hydrogens is 451 g/mol. The number of nitrogens with zero attached hydrogens (tertiary/aromatic N) is 2. The molecule has 0 aromatic heterocycles. The van der Waals surface area contributed by atoms with E-state index in [1.807, 2.05) is 0 Å². The molecule has 1 aliphatic heterocycles. The third-order valence-corrected chi connectivity index (χ3v) is 9.59. The summed E-state index contributed by atoms with van der Waals surface area (Å²) in [7, 11) is -3.15. The van der Waals surface area contributed by atoms with Crippen LogP contribution in [0.3, 0.4) is 0 Å². The minimum atomic E-state index is -3.15. The molecule has 1 saturated heterocycles. The van der Waals surface area contributed by atoms with E-state index in [1.54, 1.807) is 23.4 Å². The number of rotatable bonds is 8. The Bertz CT molecular complexity index is 886. The Kier molecular flexibility index (Phi) is 8.40. The predicted octanol–water partition coefficient (Wildman–Crippen LogP) is 4.58. The van der Waals surface area contributed by atoms with Gasteiger partial charge in [0.2, 0.25) is 10.0 Å². The summed E-state index contributed by atoms with van der Waals surface area (Å²) in [5.41, 5.74) is 0.848. The summed E-state index contributed by atoms with van der Waals surface area (Å²) in [6, 6.07) is 4.78. The second kappa shape index (κ2) is 10.5. The van der Waals surface area contributed by atoms with Gasteiger partial charge in [-0.2, -0.15) is 4.31 Å². The minimum absolute atomic E-state index is 0. The second-order valence-electron chi connectivity index (χ2n) is 9.75. The zero-order valence-electron chi connectivity index (χ0n) is 19.0. The first-order valence-corrected chi connectivity index (χ1v) is 13.4. The second-order valence-corrected chi connectivity index (χ2v) is 11.8. The van der Waals surface area contributed by atoms with E-state index in [1.165, 1.54) is 12.5 Å². The maximum Gasteiger partial charge on any atom is 0.214 e. The summed E-state index contributed by atoms with van der Waals surface area (Å²) in [5, 5.41) is 0. The monoisotopic (exact) mass is 486 g/mol. The van der Waals surface area contributed by atoms with E-state index in [0.29, 0.717) is 43.2 Å².